The van der Waals surface area contributed by atoms with Crippen LogP contribution >= 0.6 is 0 Å². The van der Waals surface area contributed by atoms with Crippen molar-refractivity contribution < 1.29 is 13.2 Å². The Bertz CT molecular complexity index is 898. The van der Waals surface area contributed by atoms with Crippen molar-refractivity contribution in [3.05, 3.63) is 60.2 Å². The van der Waals surface area contributed by atoms with Crippen LogP contribution in [0, 0.1) is 5.92 Å². The lowest BCUT2D eigenvalue weighted by atomic mass is 9.99. The standard InChI is InChI=1S/C24H34N2O3S/c1-4-7-13-20(5-2)18-25-24(27)19-26(23-17-12-11-14-21(23)6-3)30(28,29)22-15-9-8-10-16-22/h8-12,14-17,20H,4-7,13,18-19H2,1-3H3,(H,25,27). The van der Waals surface area contributed by atoms with Gasteiger partial charge < -0.3 is 5.32 Å². The number of aryl methyl sites for hydroxylation is 1. The highest BCUT2D eigenvalue weighted by Gasteiger charge is 2.28. The number of carbonyl (C=O) groups is 1. The predicted octanol–water partition coefficient (Wildman–Crippen LogP) is 4.78. The van der Waals surface area contributed by atoms with E-state index >= 15 is 0 Å². The van der Waals surface area contributed by atoms with Crippen LogP contribution in [-0.4, -0.2) is 27.4 Å². The average molecular weight is 431 g/mol. The SMILES string of the molecule is CCCCC(CC)CNC(=O)CN(c1ccccc1CC)S(=O)(=O)c1ccccc1. The van der Waals surface area contributed by atoms with Crippen LogP contribution < -0.4 is 9.62 Å². The number of carbonyl (C=O) groups excluding carboxylic acids is 1. The van der Waals surface area contributed by atoms with Gasteiger partial charge in [0.15, 0.2) is 0 Å². The summed E-state index contributed by atoms with van der Waals surface area (Å²) in [7, 11) is -3.87. The first kappa shape index (κ1) is 23.9. The lowest BCUT2D eigenvalue weighted by molar-refractivity contribution is -0.119. The molecule has 0 bridgehead atoms. The Balaban J connectivity index is 2.28. The molecule has 0 saturated heterocycles. The van der Waals surface area contributed by atoms with E-state index < -0.39 is 10.0 Å². The summed E-state index contributed by atoms with van der Waals surface area (Å²) < 4.78 is 28.1. The first-order chi connectivity index (χ1) is 14.4. The lowest BCUT2D eigenvalue weighted by Crippen LogP contribution is -2.42. The van der Waals surface area contributed by atoms with E-state index in [1.807, 2.05) is 19.1 Å². The second kappa shape index (κ2) is 11.7. The van der Waals surface area contributed by atoms with Gasteiger partial charge >= 0.3 is 0 Å². The molecule has 0 aromatic heterocycles. The Morgan fingerprint density at radius 2 is 1.67 bits per heavy atom. The maximum atomic E-state index is 13.4. The van der Waals surface area contributed by atoms with Crippen LogP contribution in [0.25, 0.3) is 0 Å². The normalized spacial score (nSPS) is 12.4. The summed E-state index contributed by atoms with van der Waals surface area (Å²) in [4.78, 5) is 13.0. The number of hydrogen-bond acceptors (Lipinski definition) is 3. The van der Waals surface area contributed by atoms with Crippen molar-refractivity contribution in [2.24, 2.45) is 5.92 Å². The molecule has 1 N–H and O–H groups in total. The van der Waals surface area contributed by atoms with Crippen LogP contribution in [0.15, 0.2) is 59.5 Å². The van der Waals surface area contributed by atoms with Crippen molar-refractivity contribution in [2.45, 2.75) is 57.8 Å². The third-order valence-electron chi connectivity index (χ3n) is 5.39. The van der Waals surface area contributed by atoms with E-state index in [4.69, 9.17) is 0 Å². The van der Waals surface area contributed by atoms with Crippen molar-refractivity contribution >= 4 is 21.6 Å². The third kappa shape index (κ3) is 6.33. The van der Waals surface area contributed by atoms with E-state index in [1.165, 1.54) is 4.31 Å². The molecule has 1 unspecified atom stereocenters. The molecule has 0 aliphatic carbocycles. The number of anilines is 1. The van der Waals surface area contributed by atoms with Crippen LogP contribution in [0.1, 0.15) is 52.0 Å². The minimum Gasteiger partial charge on any atom is -0.354 e. The zero-order valence-corrected chi connectivity index (χ0v) is 19.1. The molecular weight excluding hydrogens is 396 g/mol. The molecule has 0 heterocycles. The average Bonchev–Trinajstić information content (AvgIpc) is 2.78. The van der Waals surface area contributed by atoms with Crippen LogP contribution in [0.3, 0.4) is 0 Å². The van der Waals surface area contributed by atoms with Crippen molar-refractivity contribution in [1.29, 1.82) is 0 Å². The van der Waals surface area contributed by atoms with Gasteiger partial charge in [-0.2, -0.15) is 0 Å². The molecule has 1 amide bonds. The van der Waals surface area contributed by atoms with Crippen molar-refractivity contribution in [2.75, 3.05) is 17.4 Å². The van der Waals surface area contributed by atoms with Gasteiger partial charge in [0.1, 0.15) is 6.54 Å². The van der Waals surface area contributed by atoms with Crippen LogP contribution in [0.2, 0.25) is 0 Å². The summed E-state index contributed by atoms with van der Waals surface area (Å²) in [6, 6.07) is 15.6. The van der Waals surface area contributed by atoms with Gasteiger partial charge in [-0.15, -0.1) is 0 Å². The molecule has 2 aromatic rings. The molecule has 1 atom stereocenters. The molecule has 6 heteroatoms. The second-order valence-electron chi connectivity index (χ2n) is 7.53. The molecule has 2 rings (SSSR count). The Kier molecular flexibility index (Phi) is 9.37. The first-order valence-corrected chi connectivity index (χ1v) is 12.3. The van der Waals surface area contributed by atoms with Gasteiger partial charge in [-0.3, -0.25) is 9.10 Å². The van der Waals surface area contributed by atoms with E-state index in [9.17, 15) is 13.2 Å². The number of nitrogens with one attached hydrogen (secondary N) is 1. The van der Waals surface area contributed by atoms with Crippen molar-refractivity contribution in [3.8, 4) is 0 Å². The van der Waals surface area contributed by atoms with E-state index in [0.717, 1.165) is 31.2 Å². The van der Waals surface area contributed by atoms with Crippen LogP contribution in [-0.2, 0) is 21.2 Å². The molecule has 0 spiro atoms. The van der Waals surface area contributed by atoms with Gasteiger partial charge in [0.25, 0.3) is 10.0 Å². The van der Waals surface area contributed by atoms with Gasteiger partial charge in [0, 0.05) is 6.54 Å². The zero-order chi connectivity index (χ0) is 22.0. The Hall–Kier alpha value is -2.34. The van der Waals surface area contributed by atoms with Gasteiger partial charge in [-0.05, 0) is 42.5 Å². The molecule has 5 nitrogen and oxygen atoms in total. The third-order valence-corrected chi connectivity index (χ3v) is 7.16. The monoisotopic (exact) mass is 430 g/mol. The molecule has 0 aliphatic heterocycles. The second-order valence-corrected chi connectivity index (χ2v) is 9.39. The number of amides is 1. The molecule has 2 aromatic carbocycles. The smallest absolute Gasteiger partial charge is 0.264 e. The molecule has 30 heavy (non-hydrogen) atoms. The summed E-state index contributed by atoms with van der Waals surface area (Å²) in [5.41, 5.74) is 1.44. The molecule has 0 saturated carbocycles. The summed E-state index contributed by atoms with van der Waals surface area (Å²) in [6.07, 6.45) is 4.99. The molecule has 0 aliphatic rings. The Labute approximate surface area is 181 Å². The fraction of sp³-hybridized carbons (Fsp3) is 0.458. The Morgan fingerprint density at radius 1 is 1.00 bits per heavy atom. The fourth-order valence-corrected chi connectivity index (χ4v) is 4.94. The van der Waals surface area contributed by atoms with Crippen LogP contribution in [0.4, 0.5) is 5.69 Å². The van der Waals surface area contributed by atoms with E-state index in [-0.39, 0.29) is 17.3 Å². The summed E-state index contributed by atoms with van der Waals surface area (Å²) in [5.74, 6) is 0.131. The highest BCUT2D eigenvalue weighted by molar-refractivity contribution is 7.92. The maximum Gasteiger partial charge on any atom is 0.264 e. The lowest BCUT2D eigenvalue weighted by Gasteiger charge is -2.26. The summed E-state index contributed by atoms with van der Waals surface area (Å²) >= 11 is 0. The summed E-state index contributed by atoms with van der Waals surface area (Å²) in [6.45, 7) is 6.59. The van der Waals surface area contributed by atoms with Gasteiger partial charge in [-0.1, -0.05) is 76.4 Å². The van der Waals surface area contributed by atoms with Crippen molar-refractivity contribution in [1.82, 2.24) is 5.32 Å². The van der Waals surface area contributed by atoms with Gasteiger partial charge in [0.05, 0.1) is 10.6 Å². The molecular formula is C24H34N2O3S. The largest absolute Gasteiger partial charge is 0.354 e. The number of benzene rings is 2. The summed E-state index contributed by atoms with van der Waals surface area (Å²) in [5, 5.41) is 2.96. The zero-order valence-electron chi connectivity index (χ0n) is 18.3. The Morgan fingerprint density at radius 3 is 2.30 bits per heavy atom. The number of rotatable bonds is 12. The first-order valence-electron chi connectivity index (χ1n) is 10.9. The van der Waals surface area contributed by atoms with E-state index in [0.29, 0.717) is 24.6 Å². The quantitative estimate of drug-likeness (QED) is 0.527. The number of para-hydroxylation sites is 1. The highest BCUT2D eigenvalue weighted by Crippen LogP contribution is 2.27. The van der Waals surface area contributed by atoms with Crippen molar-refractivity contribution in [3.63, 3.8) is 0 Å². The number of hydrogen-bond donors (Lipinski definition) is 1. The van der Waals surface area contributed by atoms with E-state index in [1.54, 1.807) is 42.5 Å². The minimum absolute atomic E-state index is 0.179. The van der Waals surface area contributed by atoms with Crippen LogP contribution in [0.5, 0.6) is 0 Å². The van der Waals surface area contributed by atoms with Gasteiger partial charge in [0.2, 0.25) is 5.91 Å². The fourth-order valence-electron chi connectivity index (χ4n) is 3.46. The maximum absolute atomic E-state index is 13.4. The molecule has 0 fully saturated rings. The minimum atomic E-state index is -3.87. The molecule has 164 valence electrons. The number of unbranched alkanes of at least 4 members (excludes halogenated alkanes) is 1. The highest BCUT2D eigenvalue weighted by atomic mass is 32.2. The number of sulfonamides is 1. The van der Waals surface area contributed by atoms with E-state index in [2.05, 4.69) is 19.2 Å². The topological polar surface area (TPSA) is 66.5 Å². The number of nitrogens with zero attached hydrogens (tertiary/aromatic N) is 1. The predicted molar refractivity (Wildman–Crippen MR) is 123 cm³/mol. The van der Waals surface area contributed by atoms with Gasteiger partial charge in [-0.25, -0.2) is 8.42 Å². The molecule has 0 radical (unpaired) electrons.